The Balaban J connectivity index is 1.69. The van der Waals surface area contributed by atoms with Crippen molar-refractivity contribution in [3.05, 3.63) is 70.2 Å². The number of hydrogen-bond acceptors (Lipinski definition) is 1. The molecular weight excluding hydrogens is 258 g/mol. The highest BCUT2D eigenvalue weighted by Crippen LogP contribution is 2.22. The summed E-state index contributed by atoms with van der Waals surface area (Å²) in [6.07, 6.45) is 1.81. The number of halogens is 1. The van der Waals surface area contributed by atoms with Crippen LogP contribution in [0, 0.1) is 0 Å². The molecule has 3 rings (SSSR count). The Bertz CT molecular complexity index is 599. The van der Waals surface area contributed by atoms with Crippen LogP contribution in [0.3, 0.4) is 0 Å². The minimum Gasteiger partial charge on any atom is -0.349 e. The molecule has 19 heavy (non-hydrogen) atoms. The lowest BCUT2D eigenvalue weighted by Crippen LogP contribution is -2.35. The number of hydrogen-bond donors (Lipinski definition) is 1. The maximum Gasteiger partial charge on any atom is 0.251 e. The van der Waals surface area contributed by atoms with Crippen LogP contribution in [-0.2, 0) is 12.8 Å². The third-order valence-corrected chi connectivity index (χ3v) is 3.71. The quantitative estimate of drug-likeness (QED) is 0.893. The zero-order chi connectivity index (χ0) is 13.2. The van der Waals surface area contributed by atoms with E-state index in [0.717, 1.165) is 12.8 Å². The molecule has 0 atom stereocenters. The van der Waals surface area contributed by atoms with Crippen molar-refractivity contribution in [2.24, 2.45) is 0 Å². The van der Waals surface area contributed by atoms with Gasteiger partial charge in [0.2, 0.25) is 0 Å². The molecule has 2 aromatic carbocycles. The molecule has 0 saturated carbocycles. The van der Waals surface area contributed by atoms with E-state index in [9.17, 15) is 4.79 Å². The number of nitrogens with one attached hydrogen (secondary N) is 1. The second-order valence-corrected chi connectivity index (χ2v) is 5.29. The smallest absolute Gasteiger partial charge is 0.251 e. The molecule has 0 radical (unpaired) electrons. The third kappa shape index (κ3) is 2.64. The van der Waals surface area contributed by atoms with Crippen LogP contribution in [0.15, 0.2) is 48.5 Å². The topological polar surface area (TPSA) is 29.1 Å². The molecule has 0 fully saturated rings. The zero-order valence-electron chi connectivity index (χ0n) is 10.4. The summed E-state index contributed by atoms with van der Waals surface area (Å²) in [5, 5.41) is 3.66. The van der Waals surface area contributed by atoms with Crippen LogP contribution in [0.5, 0.6) is 0 Å². The SMILES string of the molecule is O=C(NC1Cc2ccccc2C1)c1cccc(Cl)c1. The fraction of sp³-hybridized carbons (Fsp3) is 0.188. The van der Waals surface area contributed by atoms with E-state index in [1.54, 1.807) is 24.3 Å². The molecule has 0 unspecified atom stereocenters. The molecule has 0 aliphatic heterocycles. The van der Waals surface area contributed by atoms with Gasteiger partial charge in [-0.2, -0.15) is 0 Å². The largest absolute Gasteiger partial charge is 0.349 e. The Hall–Kier alpha value is -1.80. The number of carbonyl (C=O) groups is 1. The molecule has 3 heteroatoms. The number of rotatable bonds is 2. The summed E-state index contributed by atoms with van der Waals surface area (Å²) in [5.41, 5.74) is 3.28. The van der Waals surface area contributed by atoms with Gasteiger partial charge in [0.05, 0.1) is 0 Å². The highest BCUT2D eigenvalue weighted by atomic mass is 35.5. The van der Waals surface area contributed by atoms with Crippen molar-refractivity contribution in [1.29, 1.82) is 0 Å². The number of benzene rings is 2. The van der Waals surface area contributed by atoms with Gasteiger partial charge in [0.1, 0.15) is 0 Å². The van der Waals surface area contributed by atoms with E-state index in [2.05, 4.69) is 17.4 Å². The summed E-state index contributed by atoms with van der Waals surface area (Å²) in [6.45, 7) is 0. The van der Waals surface area contributed by atoms with Crippen LogP contribution in [0.25, 0.3) is 0 Å². The van der Waals surface area contributed by atoms with E-state index < -0.39 is 0 Å². The summed E-state index contributed by atoms with van der Waals surface area (Å²) in [7, 11) is 0. The molecule has 1 aliphatic carbocycles. The summed E-state index contributed by atoms with van der Waals surface area (Å²) in [6, 6.07) is 15.6. The van der Waals surface area contributed by atoms with Crippen molar-refractivity contribution >= 4 is 17.5 Å². The number of amides is 1. The van der Waals surface area contributed by atoms with Crippen LogP contribution in [0.1, 0.15) is 21.5 Å². The first kappa shape index (κ1) is 12.2. The molecule has 1 aliphatic rings. The summed E-state index contributed by atoms with van der Waals surface area (Å²) >= 11 is 5.90. The molecule has 0 aromatic heterocycles. The lowest BCUT2D eigenvalue weighted by molar-refractivity contribution is 0.0938. The van der Waals surface area contributed by atoms with Crippen molar-refractivity contribution in [3.63, 3.8) is 0 Å². The molecule has 0 bridgehead atoms. The van der Waals surface area contributed by atoms with Crippen molar-refractivity contribution in [2.75, 3.05) is 0 Å². The molecule has 0 spiro atoms. The lowest BCUT2D eigenvalue weighted by atomic mass is 10.1. The first-order valence-corrected chi connectivity index (χ1v) is 6.73. The van der Waals surface area contributed by atoms with Crippen LogP contribution in [0.4, 0.5) is 0 Å². The van der Waals surface area contributed by atoms with E-state index in [1.165, 1.54) is 11.1 Å². The van der Waals surface area contributed by atoms with Gasteiger partial charge in [-0.25, -0.2) is 0 Å². The maximum atomic E-state index is 12.1. The van der Waals surface area contributed by atoms with Crippen molar-refractivity contribution in [2.45, 2.75) is 18.9 Å². The number of fused-ring (bicyclic) bond motifs is 1. The monoisotopic (exact) mass is 271 g/mol. The van der Waals surface area contributed by atoms with Gasteiger partial charge in [-0.05, 0) is 42.2 Å². The van der Waals surface area contributed by atoms with Gasteiger partial charge < -0.3 is 5.32 Å². The minimum absolute atomic E-state index is 0.0553. The molecule has 0 saturated heterocycles. The molecule has 2 aromatic rings. The zero-order valence-corrected chi connectivity index (χ0v) is 11.2. The highest BCUT2D eigenvalue weighted by Gasteiger charge is 2.22. The Kier molecular flexibility index (Phi) is 3.26. The summed E-state index contributed by atoms with van der Waals surface area (Å²) in [4.78, 5) is 12.1. The van der Waals surface area contributed by atoms with Gasteiger partial charge in [0.25, 0.3) is 5.91 Å². The minimum atomic E-state index is -0.0553. The second-order valence-electron chi connectivity index (χ2n) is 4.86. The van der Waals surface area contributed by atoms with Crippen LogP contribution in [0.2, 0.25) is 5.02 Å². The van der Waals surface area contributed by atoms with E-state index in [4.69, 9.17) is 11.6 Å². The molecular formula is C16H14ClNO. The van der Waals surface area contributed by atoms with Crippen molar-refractivity contribution in [1.82, 2.24) is 5.32 Å². The second kappa shape index (κ2) is 5.06. The Morgan fingerprint density at radius 2 is 1.74 bits per heavy atom. The third-order valence-electron chi connectivity index (χ3n) is 3.47. The van der Waals surface area contributed by atoms with Crippen LogP contribution < -0.4 is 5.32 Å². The normalized spacial score (nSPS) is 14.2. The van der Waals surface area contributed by atoms with Crippen molar-refractivity contribution < 1.29 is 4.79 Å². The first-order valence-electron chi connectivity index (χ1n) is 6.35. The highest BCUT2D eigenvalue weighted by molar-refractivity contribution is 6.30. The average molecular weight is 272 g/mol. The van der Waals surface area contributed by atoms with Gasteiger partial charge in [0, 0.05) is 16.6 Å². The molecule has 1 N–H and O–H groups in total. The van der Waals surface area contributed by atoms with Gasteiger partial charge in [0.15, 0.2) is 0 Å². The van der Waals surface area contributed by atoms with E-state index in [0.29, 0.717) is 10.6 Å². The summed E-state index contributed by atoms with van der Waals surface area (Å²) in [5.74, 6) is -0.0553. The Labute approximate surface area is 117 Å². The number of carbonyl (C=O) groups excluding carboxylic acids is 1. The standard InChI is InChI=1S/C16H14ClNO/c17-14-7-3-6-13(8-14)16(19)18-15-9-11-4-1-2-5-12(11)10-15/h1-8,15H,9-10H2,(H,18,19). The average Bonchev–Trinajstić information content (AvgIpc) is 2.80. The Morgan fingerprint density at radius 3 is 2.37 bits per heavy atom. The lowest BCUT2D eigenvalue weighted by Gasteiger charge is -2.12. The van der Waals surface area contributed by atoms with Crippen molar-refractivity contribution in [3.8, 4) is 0 Å². The molecule has 1 amide bonds. The fourth-order valence-corrected chi connectivity index (χ4v) is 2.75. The van der Waals surface area contributed by atoms with Crippen LogP contribution >= 0.6 is 11.6 Å². The van der Waals surface area contributed by atoms with Gasteiger partial charge in [-0.3, -0.25) is 4.79 Å². The first-order chi connectivity index (χ1) is 9.22. The van der Waals surface area contributed by atoms with Gasteiger partial charge in [-0.1, -0.05) is 41.9 Å². The predicted molar refractivity (Wildman–Crippen MR) is 76.6 cm³/mol. The molecule has 96 valence electrons. The van der Waals surface area contributed by atoms with E-state index >= 15 is 0 Å². The Morgan fingerprint density at radius 1 is 1.05 bits per heavy atom. The fourth-order valence-electron chi connectivity index (χ4n) is 2.56. The predicted octanol–water partition coefficient (Wildman–Crippen LogP) is 3.24. The van der Waals surface area contributed by atoms with E-state index in [-0.39, 0.29) is 11.9 Å². The maximum absolute atomic E-state index is 12.1. The van der Waals surface area contributed by atoms with Gasteiger partial charge >= 0.3 is 0 Å². The van der Waals surface area contributed by atoms with Crippen LogP contribution in [-0.4, -0.2) is 11.9 Å². The van der Waals surface area contributed by atoms with Gasteiger partial charge in [-0.15, -0.1) is 0 Å². The molecule has 0 heterocycles. The summed E-state index contributed by atoms with van der Waals surface area (Å²) < 4.78 is 0. The molecule has 2 nitrogen and oxygen atoms in total. The van der Waals surface area contributed by atoms with E-state index in [1.807, 2.05) is 12.1 Å².